The van der Waals surface area contributed by atoms with Crippen LogP contribution in [0.15, 0.2) is 24.3 Å². The highest BCUT2D eigenvalue weighted by molar-refractivity contribution is 5.96. The highest BCUT2D eigenvalue weighted by Gasteiger charge is 2.16. The summed E-state index contributed by atoms with van der Waals surface area (Å²) in [4.78, 5) is 23.3. The third kappa shape index (κ3) is 4.62. The van der Waals surface area contributed by atoms with E-state index in [-0.39, 0.29) is 30.7 Å². The molecule has 6 heteroatoms. The molecule has 0 aliphatic heterocycles. The van der Waals surface area contributed by atoms with Gasteiger partial charge in [-0.05, 0) is 18.1 Å². The Morgan fingerprint density at radius 3 is 2.50 bits per heavy atom. The lowest BCUT2D eigenvalue weighted by atomic mass is 10.1. The molecule has 1 aromatic rings. The van der Waals surface area contributed by atoms with Gasteiger partial charge in [0.1, 0.15) is 5.82 Å². The van der Waals surface area contributed by atoms with Crippen molar-refractivity contribution in [3.8, 4) is 0 Å². The summed E-state index contributed by atoms with van der Waals surface area (Å²) in [7, 11) is 0. The van der Waals surface area contributed by atoms with Crippen LogP contribution < -0.4 is 10.6 Å². The standard InChI is InChI=1S/C14H19FN2O3/c1-9(2)12(8-18)17-13(19)7-16-14(20)10-5-3-4-6-11(10)15/h3-6,9,12,18H,7-8H2,1-2H3,(H,16,20)(H,17,19). The van der Waals surface area contributed by atoms with Gasteiger partial charge in [0.2, 0.25) is 5.91 Å². The largest absolute Gasteiger partial charge is 0.394 e. The number of carbonyl (C=O) groups excluding carboxylic acids is 2. The molecule has 1 atom stereocenters. The van der Waals surface area contributed by atoms with E-state index in [0.717, 1.165) is 0 Å². The molecule has 0 aliphatic carbocycles. The fourth-order valence-corrected chi connectivity index (χ4v) is 1.58. The van der Waals surface area contributed by atoms with Crippen molar-refractivity contribution in [1.82, 2.24) is 10.6 Å². The number of hydrogen-bond donors (Lipinski definition) is 3. The number of aliphatic hydroxyl groups excluding tert-OH is 1. The van der Waals surface area contributed by atoms with Crippen LogP contribution in [0, 0.1) is 11.7 Å². The first kappa shape index (κ1) is 16.1. The van der Waals surface area contributed by atoms with Gasteiger partial charge >= 0.3 is 0 Å². The van der Waals surface area contributed by atoms with Crippen LogP contribution in [0.4, 0.5) is 4.39 Å². The summed E-state index contributed by atoms with van der Waals surface area (Å²) >= 11 is 0. The van der Waals surface area contributed by atoms with Crippen molar-refractivity contribution in [2.75, 3.05) is 13.2 Å². The van der Waals surface area contributed by atoms with Crippen molar-refractivity contribution in [3.05, 3.63) is 35.6 Å². The molecule has 0 heterocycles. The molecule has 0 saturated heterocycles. The van der Waals surface area contributed by atoms with Crippen molar-refractivity contribution in [3.63, 3.8) is 0 Å². The molecule has 0 aromatic heterocycles. The fourth-order valence-electron chi connectivity index (χ4n) is 1.58. The van der Waals surface area contributed by atoms with Gasteiger partial charge in [0.05, 0.1) is 24.8 Å². The number of aliphatic hydroxyl groups is 1. The van der Waals surface area contributed by atoms with Crippen molar-refractivity contribution in [2.24, 2.45) is 5.92 Å². The second-order valence-electron chi connectivity index (χ2n) is 4.76. The molecule has 2 amide bonds. The first-order chi connectivity index (χ1) is 9.45. The predicted molar refractivity (Wildman–Crippen MR) is 72.6 cm³/mol. The average Bonchev–Trinajstić information content (AvgIpc) is 2.42. The van der Waals surface area contributed by atoms with Crippen LogP contribution in [-0.2, 0) is 4.79 Å². The number of halogens is 1. The minimum atomic E-state index is -0.650. The van der Waals surface area contributed by atoms with Crippen LogP contribution in [0.5, 0.6) is 0 Å². The first-order valence-electron chi connectivity index (χ1n) is 6.38. The molecule has 1 aromatic carbocycles. The molecular weight excluding hydrogens is 263 g/mol. The predicted octanol–water partition coefficient (Wildman–Crippen LogP) is 0.689. The molecule has 5 nitrogen and oxygen atoms in total. The fraction of sp³-hybridized carbons (Fsp3) is 0.429. The van der Waals surface area contributed by atoms with Gasteiger partial charge in [-0.1, -0.05) is 26.0 Å². The summed E-state index contributed by atoms with van der Waals surface area (Å²) in [5.41, 5.74) is -0.108. The average molecular weight is 282 g/mol. The topological polar surface area (TPSA) is 78.4 Å². The van der Waals surface area contributed by atoms with Crippen LogP contribution in [-0.4, -0.2) is 36.1 Å². The number of hydrogen-bond acceptors (Lipinski definition) is 3. The van der Waals surface area contributed by atoms with Gasteiger partial charge in [-0.15, -0.1) is 0 Å². The van der Waals surface area contributed by atoms with E-state index in [4.69, 9.17) is 5.11 Å². The first-order valence-corrected chi connectivity index (χ1v) is 6.38. The van der Waals surface area contributed by atoms with Gasteiger partial charge in [0, 0.05) is 0 Å². The summed E-state index contributed by atoms with van der Waals surface area (Å²) in [5, 5.41) is 14.0. The summed E-state index contributed by atoms with van der Waals surface area (Å²) in [6, 6.07) is 5.17. The molecule has 110 valence electrons. The molecule has 0 saturated carbocycles. The number of benzene rings is 1. The number of amides is 2. The Bertz CT molecular complexity index is 477. The van der Waals surface area contributed by atoms with E-state index in [1.54, 1.807) is 6.07 Å². The van der Waals surface area contributed by atoms with Crippen molar-refractivity contribution < 1.29 is 19.1 Å². The maximum atomic E-state index is 13.3. The summed E-state index contributed by atoms with van der Waals surface area (Å²) in [6.07, 6.45) is 0. The van der Waals surface area contributed by atoms with E-state index in [1.165, 1.54) is 18.2 Å². The number of rotatable bonds is 6. The summed E-state index contributed by atoms with van der Waals surface area (Å²) in [5.74, 6) is -1.64. The van der Waals surface area contributed by atoms with Crippen molar-refractivity contribution >= 4 is 11.8 Å². The van der Waals surface area contributed by atoms with Gasteiger partial charge in [0.25, 0.3) is 5.91 Å². The normalized spacial score (nSPS) is 12.1. The molecule has 0 bridgehead atoms. The Balaban J connectivity index is 2.49. The van der Waals surface area contributed by atoms with Gasteiger partial charge in [-0.25, -0.2) is 4.39 Å². The lowest BCUT2D eigenvalue weighted by Gasteiger charge is -2.19. The Morgan fingerprint density at radius 2 is 1.95 bits per heavy atom. The molecule has 3 N–H and O–H groups in total. The Labute approximate surface area is 117 Å². The van der Waals surface area contributed by atoms with Gasteiger partial charge < -0.3 is 15.7 Å². The van der Waals surface area contributed by atoms with Crippen molar-refractivity contribution in [1.29, 1.82) is 0 Å². The Morgan fingerprint density at radius 1 is 1.30 bits per heavy atom. The van der Waals surface area contributed by atoms with Gasteiger partial charge in [-0.3, -0.25) is 9.59 Å². The zero-order chi connectivity index (χ0) is 15.1. The maximum absolute atomic E-state index is 13.3. The molecule has 20 heavy (non-hydrogen) atoms. The van der Waals surface area contributed by atoms with Crippen LogP contribution >= 0.6 is 0 Å². The Hall–Kier alpha value is -1.95. The molecule has 0 aliphatic rings. The number of carbonyl (C=O) groups is 2. The van der Waals surface area contributed by atoms with E-state index in [0.29, 0.717) is 0 Å². The lowest BCUT2D eigenvalue weighted by molar-refractivity contribution is -0.121. The minimum absolute atomic E-state index is 0.0752. The highest BCUT2D eigenvalue weighted by Crippen LogP contribution is 2.05. The highest BCUT2D eigenvalue weighted by atomic mass is 19.1. The smallest absolute Gasteiger partial charge is 0.254 e. The van der Waals surface area contributed by atoms with E-state index in [9.17, 15) is 14.0 Å². The van der Waals surface area contributed by atoms with E-state index >= 15 is 0 Å². The molecule has 0 radical (unpaired) electrons. The summed E-state index contributed by atoms with van der Waals surface area (Å²) in [6.45, 7) is 3.28. The molecule has 1 unspecified atom stereocenters. The van der Waals surface area contributed by atoms with E-state index in [2.05, 4.69) is 10.6 Å². The maximum Gasteiger partial charge on any atom is 0.254 e. The van der Waals surface area contributed by atoms with Gasteiger partial charge in [0.15, 0.2) is 0 Å². The zero-order valence-electron chi connectivity index (χ0n) is 11.5. The third-order valence-corrected chi connectivity index (χ3v) is 2.88. The monoisotopic (exact) mass is 282 g/mol. The Kier molecular flexibility index (Phi) is 6.11. The third-order valence-electron chi connectivity index (χ3n) is 2.88. The molecular formula is C14H19FN2O3. The molecule has 0 fully saturated rings. The minimum Gasteiger partial charge on any atom is -0.394 e. The lowest BCUT2D eigenvalue weighted by Crippen LogP contribution is -2.45. The second-order valence-corrected chi connectivity index (χ2v) is 4.76. The van der Waals surface area contributed by atoms with Crippen molar-refractivity contribution in [2.45, 2.75) is 19.9 Å². The SMILES string of the molecule is CC(C)C(CO)NC(=O)CNC(=O)c1ccccc1F. The van der Waals surface area contributed by atoms with Crippen LogP contribution in [0.2, 0.25) is 0 Å². The van der Waals surface area contributed by atoms with Crippen LogP contribution in [0.3, 0.4) is 0 Å². The van der Waals surface area contributed by atoms with E-state index in [1.807, 2.05) is 13.8 Å². The van der Waals surface area contributed by atoms with Crippen LogP contribution in [0.1, 0.15) is 24.2 Å². The molecule has 1 rings (SSSR count). The van der Waals surface area contributed by atoms with Crippen LogP contribution in [0.25, 0.3) is 0 Å². The second kappa shape index (κ2) is 7.59. The molecule has 0 spiro atoms. The quantitative estimate of drug-likeness (QED) is 0.718. The zero-order valence-corrected chi connectivity index (χ0v) is 11.5. The summed E-state index contributed by atoms with van der Waals surface area (Å²) < 4.78 is 13.3. The van der Waals surface area contributed by atoms with E-state index < -0.39 is 17.6 Å². The van der Waals surface area contributed by atoms with Gasteiger partial charge in [-0.2, -0.15) is 0 Å². The number of nitrogens with one attached hydrogen (secondary N) is 2.